The fourth-order valence-electron chi connectivity index (χ4n) is 4.45. The normalized spacial score (nSPS) is 28.0. The number of hydrogen-bond donors (Lipinski definition) is 1. The number of nitrogens with one attached hydrogen (secondary N) is 1. The van der Waals surface area contributed by atoms with E-state index < -0.39 is 0 Å². The third-order valence-corrected chi connectivity index (χ3v) is 6.28. The molecular weight excluding hydrogens is 308 g/mol. The molecule has 0 amide bonds. The van der Waals surface area contributed by atoms with Gasteiger partial charge in [-0.15, -0.1) is 0 Å². The highest BCUT2D eigenvalue weighted by Crippen LogP contribution is 2.46. The average Bonchev–Trinajstić information content (AvgIpc) is 3.33. The lowest BCUT2D eigenvalue weighted by molar-refractivity contribution is -0.113. The monoisotopic (exact) mass is 340 g/mol. The second-order valence-electron chi connectivity index (χ2n) is 8.15. The third-order valence-electron chi connectivity index (χ3n) is 6.28. The Hall–Kier alpha value is -1.64. The Morgan fingerprint density at radius 2 is 2.16 bits per heavy atom. The van der Waals surface area contributed by atoms with E-state index in [0.717, 1.165) is 24.4 Å². The molecule has 136 valence electrons. The number of carbonyl (C=O) groups is 1. The van der Waals surface area contributed by atoms with Crippen LogP contribution in [0.5, 0.6) is 0 Å². The van der Waals surface area contributed by atoms with Gasteiger partial charge in [-0.1, -0.05) is 31.9 Å². The van der Waals surface area contributed by atoms with Crippen LogP contribution in [0.3, 0.4) is 0 Å². The van der Waals surface area contributed by atoms with E-state index in [0.29, 0.717) is 11.8 Å². The maximum Gasteiger partial charge on any atom is 0.161 e. The largest absolute Gasteiger partial charge is 0.387 e. The Balaban J connectivity index is 2.06. The van der Waals surface area contributed by atoms with Crippen LogP contribution in [-0.4, -0.2) is 24.6 Å². The van der Waals surface area contributed by atoms with E-state index in [2.05, 4.69) is 45.3 Å². The van der Waals surface area contributed by atoms with Crippen molar-refractivity contribution in [1.29, 1.82) is 0 Å². The van der Waals surface area contributed by atoms with E-state index in [1.54, 1.807) is 6.92 Å². The van der Waals surface area contributed by atoms with Crippen molar-refractivity contribution < 1.29 is 4.79 Å². The molecule has 2 atom stereocenters. The van der Waals surface area contributed by atoms with Crippen molar-refractivity contribution in [2.75, 3.05) is 13.1 Å². The van der Waals surface area contributed by atoms with E-state index in [9.17, 15) is 4.79 Å². The zero-order chi connectivity index (χ0) is 18.2. The summed E-state index contributed by atoms with van der Waals surface area (Å²) in [6.07, 6.45) is 9.09. The van der Waals surface area contributed by atoms with Crippen molar-refractivity contribution in [2.45, 2.75) is 60.3 Å². The minimum Gasteiger partial charge on any atom is -0.387 e. The van der Waals surface area contributed by atoms with E-state index in [-0.39, 0.29) is 11.2 Å². The lowest BCUT2D eigenvalue weighted by Crippen LogP contribution is -2.31. The molecule has 1 fully saturated rings. The van der Waals surface area contributed by atoms with Crippen molar-refractivity contribution in [3.8, 4) is 0 Å². The maximum atomic E-state index is 12.5. The summed E-state index contributed by atoms with van der Waals surface area (Å²) in [6, 6.07) is 0. The van der Waals surface area contributed by atoms with Crippen molar-refractivity contribution in [1.82, 2.24) is 5.32 Å². The molecule has 3 heteroatoms. The summed E-state index contributed by atoms with van der Waals surface area (Å²) >= 11 is 0. The molecule has 0 aromatic carbocycles. The van der Waals surface area contributed by atoms with Gasteiger partial charge >= 0.3 is 0 Å². The Labute approximate surface area is 152 Å². The lowest BCUT2D eigenvalue weighted by Gasteiger charge is -2.31. The summed E-state index contributed by atoms with van der Waals surface area (Å²) in [5.74, 6) is 1.33. The third kappa shape index (κ3) is 3.26. The minimum atomic E-state index is -0.293. The van der Waals surface area contributed by atoms with Crippen LogP contribution in [0.15, 0.2) is 39.6 Å². The highest BCUT2D eigenvalue weighted by Gasteiger charge is 2.42. The number of hydrogen-bond acceptors (Lipinski definition) is 3. The number of rotatable bonds is 6. The molecule has 2 unspecified atom stereocenters. The minimum absolute atomic E-state index is 0.181. The van der Waals surface area contributed by atoms with Crippen molar-refractivity contribution in [3.63, 3.8) is 0 Å². The van der Waals surface area contributed by atoms with E-state index in [1.165, 1.54) is 42.4 Å². The molecule has 2 aliphatic heterocycles. The molecule has 3 nitrogen and oxygen atoms in total. The molecule has 0 aromatic heterocycles. The van der Waals surface area contributed by atoms with E-state index in [1.807, 2.05) is 0 Å². The SMILES string of the molecule is CCCC(C)C1=C(C)C(C)(C2=NCC(C3CC3)=C2C(C)=O)C=CNC1. The van der Waals surface area contributed by atoms with Gasteiger partial charge < -0.3 is 5.32 Å². The molecular formula is C22H32N2O. The second kappa shape index (κ2) is 6.93. The zero-order valence-electron chi connectivity index (χ0n) is 16.4. The van der Waals surface area contributed by atoms with Gasteiger partial charge in [-0.3, -0.25) is 9.79 Å². The molecule has 25 heavy (non-hydrogen) atoms. The van der Waals surface area contributed by atoms with E-state index in [4.69, 9.17) is 4.99 Å². The topological polar surface area (TPSA) is 41.5 Å². The first kappa shape index (κ1) is 18.2. The first-order valence-electron chi connectivity index (χ1n) is 9.80. The smallest absolute Gasteiger partial charge is 0.161 e. The van der Waals surface area contributed by atoms with Gasteiger partial charge in [0.05, 0.1) is 17.7 Å². The number of ketones is 1. The highest BCUT2D eigenvalue weighted by molar-refractivity contribution is 6.26. The van der Waals surface area contributed by atoms with E-state index >= 15 is 0 Å². The molecule has 1 aliphatic carbocycles. The van der Waals surface area contributed by atoms with Gasteiger partial charge in [0.1, 0.15) is 0 Å². The van der Waals surface area contributed by atoms with Crippen LogP contribution in [0.1, 0.15) is 60.3 Å². The molecule has 0 aromatic rings. The Bertz CT molecular complexity index is 691. The van der Waals surface area contributed by atoms with Gasteiger partial charge in [0.15, 0.2) is 5.78 Å². The van der Waals surface area contributed by atoms with Crippen LogP contribution >= 0.6 is 0 Å². The summed E-state index contributed by atoms with van der Waals surface area (Å²) in [6.45, 7) is 12.4. The summed E-state index contributed by atoms with van der Waals surface area (Å²) < 4.78 is 0. The van der Waals surface area contributed by atoms with Gasteiger partial charge in [0.25, 0.3) is 0 Å². The first-order valence-corrected chi connectivity index (χ1v) is 9.80. The molecule has 3 rings (SSSR count). The fourth-order valence-corrected chi connectivity index (χ4v) is 4.45. The van der Waals surface area contributed by atoms with Gasteiger partial charge in [0, 0.05) is 12.1 Å². The molecule has 3 aliphatic rings. The second-order valence-corrected chi connectivity index (χ2v) is 8.15. The summed E-state index contributed by atoms with van der Waals surface area (Å²) in [5.41, 5.74) is 5.77. The molecule has 0 radical (unpaired) electrons. The van der Waals surface area contributed by atoms with Crippen LogP contribution < -0.4 is 5.32 Å². The molecule has 0 spiro atoms. The number of nitrogens with zero attached hydrogens (tertiary/aromatic N) is 1. The van der Waals surface area contributed by atoms with Gasteiger partial charge in [-0.2, -0.15) is 0 Å². The van der Waals surface area contributed by atoms with Crippen molar-refractivity contribution in [3.05, 3.63) is 34.6 Å². The number of allylic oxidation sites excluding steroid dienone is 3. The Kier molecular flexibility index (Phi) is 5.04. The number of Topliss-reactive ketones (excluding diaryl/α,β-unsaturated/α-hetero) is 1. The fraction of sp³-hybridized carbons (Fsp3) is 0.636. The van der Waals surface area contributed by atoms with Crippen LogP contribution in [-0.2, 0) is 4.79 Å². The average molecular weight is 341 g/mol. The van der Waals surface area contributed by atoms with Crippen LogP contribution in [0, 0.1) is 17.3 Å². The quantitative estimate of drug-likeness (QED) is 0.717. The van der Waals surface area contributed by atoms with Crippen LogP contribution in [0.25, 0.3) is 0 Å². The summed E-state index contributed by atoms with van der Waals surface area (Å²) in [5, 5.41) is 3.44. The predicted octanol–water partition coefficient (Wildman–Crippen LogP) is 4.61. The van der Waals surface area contributed by atoms with Gasteiger partial charge in [0.2, 0.25) is 0 Å². The highest BCUT2D eigenvalue weighted by atomic mass is 16.1. The first-order chi connectivity index (χ1) is 11.9. The van der Waals surface area contributed by atoms with Crippen molar-refractivity contribution >= 4 is 11.5 Å². The molecule has 2 heterocycles. The Morgan fingerprint density at radius 3 is 2.76 bits per heavy atom. The summed E-state index contributed by atoms with van der Waals surface area (Å²) in [4.78, 5) is 17.4. The number of aliphatic imine (C=N–C) groups is 1. The zero-order valence-corrected chi connectivity index (χ0v) is 16.4. The molecule has 1 saturated carbocycles. The molecule has 1 N–H and O–H groups in total. The lowest BCUT2D eigenvalue weighted by atomic mass is 9.71. The Morgan fingerprint density at radius 1 is 1.44 bits per heavy atom. The molecule has 0 saturated heterocycles. The van der Waals surface area contributed by atoms with Crippen molar-refractivity contribution in [2.24, 2.45) is 22.2 Å². The van der Waals surface area contributed by atoms with Gasteiger partial charge in [-0.05, 0) is 69.2 Å². The number of carbonyl (C=O) groups excluding carboxylic acids is 1. The predicted molar refractivity (Wildman–Crippen MR) is 105 cm³/mol. The standard InChI is InChI=1S/C22H32N2O/c1-6-7-14(2)18-12-23-11-10-22(5,15(18)3)21-20(16(4)25)19(13-24-21)17-8-9-17/h10-11,14,17,23H,6-9,12-13H2,1-5H3. The molecule has 0 bridgehead atoms. The summed E-state index contributed by atoms with van der Waals surface area (Å²) in [7, 11) is 0. The van der Waals surface area contributed by atoms with Gasteiger partial charge in [-0.25, -0.2) is 0 Å². The van der Waals surface area contributed by atoms with Crippen LogP contribution in [0.2, 0.25) is 0 Å². The maximum absolute atomic E-state index is 12.5. The van der Waals surface area contributed by atoms with Crippen LogP contribution in [0.4, 0.5) is 0 Å².